The molecule has 116 valence electrons. The summed E-state index contributed by atoms with van der Waals surface area (Å²) >= 11 is 0. The van der Waals surface area contributed by atoms with Gasteiger partial charge in [-0.25, -0.2) is 14.8 Å². The maximum atomic E-state index is 11.7. The molecule has 0 bridgehead atoms. The summed E-state index contributed by atoms with van der Waals surface area (Å²) in [7, 11) is 0. The minimum absolute atomic E-state index is 0.183. The molecular weight excluding hydrogens is 268 g/mol. The van der Waals surface area contributed by atoms with Gasteiger partial charge in [-0.3, -0.25) is 0 Å². The normalized spacial score (nSPS) is 22.0. The Kier molecular flexibility index (Phi) is 5.12. The summed E-state index contributed by atoms with van der Waals surface area (Å²) < 4.78 is 5.28. The van der Waals surface area contributed by atoms with Crippen LogP contribution in [0.15, 0.2) is 18.6 Å². The SMILES string of the molecule is CC(C)(C)OC(=O)NC1CCC(NCc2ccncn2)C1. The highest BCUT2D eigenvalue weighted by atomic mass is 16.6. The van der Waals surface area contributed by atoms with Crippen LogP contribution in [0.2, 0.25) is 0 Å². The fraction of sp³-hybridized carbons (Fsp3) is 0.667. The topological polar surface area (TPSA) is 76.1 Å². The zero-order valence-electron chi connectivity index (χ0n) is 12.9. The Morgan fingerprint density at radius 3 is 2.81 bits per heavy atom. The van der Waals surface area contributed by atoms with Crippen LogP contribution in [0.25, 0.3) is 0 Å². The minimum atomic E-state index is -0.451. The van der Waals surface area contributed by atoms with Gasteiger partial charge in [0.15, 0.2) is 0 Å². The monoisotopic (exact) mass is 292 g/mol. The van der Waals surface area contributed by atoms with Crippen molar-refractivity contribution >= 4 is 6.09 Å². The number of alkyl carbamates (subject to hydrolysis) is 1. The lowest BCUT2D eigenvalue weighted by Crippen LogP contribution is -2.39. The molecule has 2 N–H and O–H groups in total. The predicted octanol–water partition coefficient (Wildman–Crippen LogP) is 2.01. The van der Waals surface area contributed by atoms with Gasteiger partial charge in [0.2, 0.25) is 0 Å². The summed E-state index contributed by atoms with van der Waals surface area (Å²) in [4.78, 5) is 19.8. The average molecular weight is 292 g/mol. The third-order valence-corrected chi connectivity index (χ3v) is 3.37. The van der Waals surface area contributed by atoms with E-state index in [-0.39, 0.29) is 12.1 Å². The largest absolute Gasteiger partial charge is 0.444 e. The van der Waals surface area contributed by atoms with Crippen LogP contribution in [-0.4, -0.2) is 33.7 Å². The maximum absolute atomic E-state index is 11.7. The van der Waals surface area contributed by atoms with Crippen molar-refractivity contribution in [1.82, 2.24) is 20.6 Å². The Labute approximate surface area is 125 Å². The first-order valence-electron chi connectivity index (χ1n) is 7.40. The number of hydrogen-bond donors (Lipinski definition) is 2. The van der Waals surface area contributed by atoms with Gasteiger partial charge >= 0.3 is 6.09 Å². The predicted molar refractivity (Wildman–Crippen MR) is 79.7 cm³/mol. The molecule has 6 nitrogen and oxygen atoms in total. The smallest absolute Gasteiger partial charge is 0.407 e. The third kappa shape index (κ3) is 5.67. The van der Waals surface area contributed by atoms with E-state index in [2.05, 4.69) is 20.6 Å². The summed E-state index contributed by atoms with van der Waals surface area (Å²) in [6, 6.07) is 2.49. The first-order valence-corrected chi connectivity index (χ1v) is 7.40. The van der Waals surface area contributed by atoms with E-state index in [1.807, 2.05) is 26.8 Å². The van der Waals surface area contributed by atoms with Gasteiger partial charge in [-0.1, -0.05) is 0 Å². The number of hydrogen-bond acceptors (Lipinski definition) is 5. The van der Waals surface area contributed by atoms with Gasteiger partial charge in [0, 0.05) is 24.8 Å². The van der Waals surface area contributed by atoms with Crippen molar-refractivity contribution in [2.24, 2.45) is 0 Å². The van der Waals surface area contributed by atoms with E-state index in [0.29, 0.717) is 6.04 Å². The van der Waals surface area contributed by atoms with E-state index in [1.54, 1.807) is 12.5 Å². The van der Waals surface area contributed by atoms with Gasteiger partial charge in [0.05, 0.1) is 5.69 Å². The Bertz CT molecular complexity index is 458. The second-order valence-corrected chi connectivity index (χ2v) is 6.43. The molecule has 21 heavy (non-hydrogen) atoms. The highest BCUT2D eigenvalue weighted by Crippen LogP contribution is 2.20. The number of carbonyl (C=O) groups is 1. The highest BCUT2D eigenvalue weighted by molar-refractivity contribution is 5.68. The number of aromatic nitrogens is 2. The summed E-state index contributed by atoms with van der Waals surface area (Å²) in [6.07, 6.45) is 5.91. The fourth-order valence-electron chi connectivity index (χ4n) is 2.44. The van der Waals surface area contributed by atoms with E-state index in [1.165, 1.54) is 0 Å². The Balaban J connectivity index is 1.70. The first kappa shape index (κ1) is 15.7. The van der Waals surface area contributed by atoms with Crippen LogP contribution in [0.1, 0.15) is 45.7 Å². The quantitative estimate of drug-likeness (QED) is 0.888. The van der Waals surface area contributed by atoms with Crippen molar-refractivity contribution in [3.63, 3.8) is 0 Å². The molecule has 0 saturated heterocycles. The zero-order chi connectivity index (χ0) is 15.3. The number of rotatable bonds is 4. The van der Waals surface area contributed by atoms with Crippen LogP contribution in [0, 0.1) is 0 Å². The van der Waals surface area contributed by atoms with E-state index in [9.17, 15) is 4.79 Å². The molecule has 2 atom stereocenters. The molecule has 0 aromatic carbocycles. The maximum Gasteiger partial charge on any atom is 0.407 e. The number of ether oxygens (including phenoxy) is 1. The van der Waals surface area contributed by atoms with Crippen LogP contribution >= 0.6 is 0 Å². The number of nitrogens with zero attached hydrogens (tertiary/aromatic N) is 2. The van der Waals surface area contributed by atoms with E-state index in [4.69, 9.17) is 4.74 Å². The molecular formula is C15H24N4O2. The van der Waals surface area contributed by atoms with Crippen LogP contribution in [0.3, 0.4) is 0 Å². The van der Waals surface area contributed by atoms with E-state index in [0.717, 1.165) is 31.5 Å². The number of carbonyl (C=O) groups excluding carboxylic acids is 1. The summed E-state index contributed by atoms with van der Waals surface area (Å²) in [5, 5.41) is 6.40. The van der Waals surface area contributed by atoms with Gasteiger partial charge in [0.25, 0.3) is 0 Å². The summed E-state index contributed by atoms with van der Waals surface area (Å²) in [5.41, 5.74) is 0.529. The molecule has 1 amide bonds. The molecule has 6 heteroatoms. The molecule has 0 aliphatic heterocycles. The van der Waals surface area contributed by atoms with Gasteiger partial charge < -0.3 is 15.4 Å². The molecule has 2 rings (SSSR count). The Hall–Kier alpha value is -1.69. The molecule has 0 radical (unpaired) electrons. The fourth-order valence-corrected chi connectivity index (χ4v) is 2.44. The lowest BCUT2D eigenvalue weighted by atomic mass is 10.2. The van der Waals surface area contributed by atoms with Crippen LogP contribution < -0.4 is 10.6 Å². The third-order valence-electron chi connectivity index (χ3n) is 3.37. The Morgan fingerprint density at radius 2 is 2.14 bits per heavy atom. The van der Waals surface area contributed by atoms with Crippen molar-refractivity contribution in [1.29, 1.82) is 0 Å². The second kappa shape index (κ2) is 6.85. The number of amides is 1. The summed E-state index contributed by atoms with van der Waals surface area (Å²) in [6.45, 7) is 6.33. The van der Waals surface area contributed by atoms with E-state index >= 15 is 0 Å². The molecule has 1 aliphatic rings. The first-order chi connectivity index (χ1) is 9.92. The summed E-state index contributed by atoms with van der Waals surface area (Å²) in [5.74, 6) is 0. The van der Waals surface area contributed by atoms with Crippen LogP contribution in [0.4, 0.5) is 4.79 Å². The van der Waals surface area contributed by atoms with Crippen molar-refractivity contribution in [2.75, 3.05) is 0 Å². The standard InChI is InChI=1S/C15H24N4O2/c1-15(2,3)21-14(20)19-12-5-4-11(8-12)17-9-13-6-7-16-10-18-13/h6-7,10-12,17H,4-5,8-9H2,1-3H3,(H,19,20). The molecule has 1 saturated carbocycles. The zero-order valence-corrected chi connectivity index (χ0v) is 12.9. The second-order valence-electron chi connectivity index (χ2n) is 6.43. The Morgan fingerprint density at radius 1 is 1.38 bits per heavy atom. The molecule has 1 aromatic heterocycles. The van der Waals surface area contributed by atoms with Crippen molar-refractivity contribution < 1.29 is 9.53 Å². The van der Waals surface area contributed by atoms with Crippen LogP contribution in [0.5, 0.6) is 0 Å². The minimum Gasteiger partial charge on any atom is -0.444 e. The lowest BCUT2D eigenvalue weighted by molar-refractivity contribution is 0.0505. The molecule has 1 aromatic rings. The lowest BCUT2D eigenvalue weighted by Gasteiger charge is -2.21. The number of nitrogens with one attached hydrogen (secondary N) is 2. The van der Waals surface area contributed by atoms with Crippen molar-refractivity contribution in [3.05, 3.63) is 24.3 Å². The molecule has 1 fully saturated rings. The molecule has 2 unspecified atom stereocenters. The highest BCUT2D eigenvalue weighted by Gasteiger charge is 2.27. The van der Waals surface area contributed by atoms with Gasteiger partial charge in [-0.05, 0) is 46.1 Å². The average Bonchev–Trinajstić information content (AvgIpc) is 2.83. The van der Waals surface area contributed by atoms with Gasteiger partial charge in [0.1, 0.15) is 11.9 Å². The van der Waals surface area contributed by atoms with Crippen molar-refractivity contribution in [3.8, 4) is 0 Å². The molecule has 1 heterocycles. The van der Waals surface area contributed by atoms with Crippen molar-refractivity contribution in [2.45, 2.75) is 64.3 Å². The van der Waals surface area contributed by atoms with Gasteiger partial charge in [-0.15, -0.1) is 0 Å². The molecule has 1 aliphatic carbocycles. The van der Waals surface area contributed by atoms with Crippen LogP contribution in [-0.2, 0) is 11.3 Å². The van der Waals surface area contributed by atoms with E-state index < -0.39 is 5.60 Å². The molecule has 0 spiro atoms. The van der Waals surface area contributed by atoms with Gasteiger partial charge in [-0.2, -0.15) is 0 Å².